The fourth-order valence-corrected chi connectivity index (χ4v) is 4.70. The van der Waals surface area contributed by atoms with Crippen LogP contribution < -0.4 is 5.73 Å². The molecule has 3 aliphatic rings. The van der Waals surface area contributed by atoms with Gasteiger partial charge in [-0.1, -0.05) is 13.8 Å². The minimum atomic E-state index is 0. The van der Waals surface area contributed by atoms with Gasteiger partial charge in [0.25, 0.3) is 0 Å². The van der Waals surface area contributed by atoms with Crippen molar-refractivity contribution in [3.8, 4) is 0 Å². The summed E-state index contributed by atoms with van der Waals surface area (Å²) >= 11 is 0. The predicted octanol–water partition coefficient (Wildman–Crippen LogP) is 2.53. The molecule has 1 amide bonds. The maximum atomic E-state index is 12.5. The Morgan fingerprint density at radius 3 is 2.30 bits per heavy atom. The van der Waals surface area contributed by atoms with Gasteiger partial charge < -0.3 is 10.6 Å². The van der Waals surface area contributed by atoms with Crippen molar-refractivity contribution in [2.45, 2.75) is 45.6 Å². The van der Waals surface area contributed by atoms with Crippen molar-refractivity contribution < 1.29 is 4.79 Å². The van der Waals surface area contributed by atoms with Gasteiger partial charge in [0.05, 0.1) is 0 Å². The number of hydrogen-bond donors (Lipinski definition) is 1. The number of fused-ring (bicyclic) bond motifs is 5. The molecular formula is C16H29ClN2O. The number of nitrogens with zero attached hydrogens (tertiary/aromatic N) is 1. The van der Waals surface area contributed by atoms with Crippen LogP contribution in [-0.4, -0.2) is 30.4 Å². The Kier molecular flexibility index (Phi) is 4.70. The summed E-state index contributed by atoms with van der Waals surface area (Å²) in [7, 11) is 1.96. The van der Waals surface area contributed by atoms with E-state index >= 15 is 0 Å². The lowest BCUT2D eigenvalue weighted by Crippen LogP contribution is -2.36. The van der Waals surface area contributed by atoms with Crippen LogP contribution in [-0.2, 0) is 4.79 Å². The highest BCUT2D eigenvalue weighted by atomic mass is 35.5. The van der Waals surface area contributed by atoms with Gasteiger partial charge in [-0.2, -0.15) is 0 Å². The number of rotatable bonds is 5. The minimum absolute atomic E-state index is 0. The average molecular weight is 301 g/mol. The fourth-order valence-electron chi connectivity index (χ4n) is 4.70. The van der Waals surface area contributed by atoms with Crippen molar-refractivity contribution in [3.63, 3.8) is 0 Å². The van der Waals surface area contributed by atoms with Crippen LogP contribution in [0.3, 0.4) is 0 Å². The van der Waals surface area contributed by atoms with Crippen molar-refractivity contribution in [1.29, 1.82) is 0 Å². The number of amides is 1. The standard InChI is InChI=1S/C16H28N2O.ClH/c1-9(2)12(17)6-7-18(3)16(19)15-13-10-4-5-11(8-10)14(13)15;/h9-15H,4-8,17H2,1-3H3;1H. The molecule has 0 saturated heterocycles. The Hall–Kier alpha value is -0.280. The number of halogens is 1. The van der Waals surface area contributed by atoms with E-state index in [1.54, 1.807) is 0 Å². The molecule has 0 radical (unpaired) electrons. The van der Waals surface area contributed by atoms with Crippen LogP contribution in [0.5, 0.6) is 0 Å². The first-order chi connectivity index (χ1) is 9.00. The summed E-state index contributed by atoms with van der Waals surface area (Å²) in [5, 5.41) is 0. The molecule has 0 spiro atoms. The molecule has 5 atom stereocenters. The summed E-state index contributed by atoms with van der Waals surface area (Å²) in [5.74, 6) is 4.57. The molecule has 3 aliphatic carbocycles. The summed E-state index contributed by atoms with van der Waals surface area (Å²) in [6.45, 7) is 5.12. The smallest absolute Gasteiger partial charge is 0.226 e. The maximum absolute atomic E-state index is 12.5. The molecule has 0 aromatic heterocycles. The average Bonchev–Trinajstić information content (AvgIpc) is 2.81. The fraction of sp³-hybridized carbons (Fsp3) is 0.938. The van der Waals surface area contributed by atoms with Gasteiger partial charge in [-0.3, -0.25) is 4.79 Å². The minimum Gasteiger partial charge on any atom is -0.345 e. The lowest BCUT2D eigenvalue weighted by atomic mass is 10.0. The highest BCUT2D eigenvalue weighted by Gasteiger charge is 2.67. The molecule has 2 bridgehead atoms. The molecule has 0 heterocycles. The SMILES string of the molecule is CC(C)C(N)CCN(C)C(=O)C1C2C3CCC(C3)C12.Cl. The van der Waals surface area contributed by atoms with Crippen molar-refractivity contribution >= 4 is 18.3 Å². The van der Waals surface area contributed by atoms with Crippen molar-refractivity contribution in [2.24, 2.45) is 41.2 Å². The van der Waals surface area contributed by atoms with Gasteiger partial charge in [-0.25, -0.2) is 0 Å². The van der Waals surface area contributed by atoms with E-state index in [1.165, 1.54) is 19.3 Å². The van der Waals surface area contributed by atoms with E-state index in [4.69, 9.17) is 5.73 Å². The quantitative estimate of drug-likeness (QED) is 0.848. The zero-order chi connectivity index (χ0) is 13.7. The molecule has 0 aliphatic heterocycles. The lowest BCUT2D eigenvalue weighted by Gasteiger charge is -2.22. The Morgan fingerprint density at radius 1 is 1.25 bits per heavy atom. The first kappa shape index (κ1) is 16.1. The molecule has 0 aromatic rings. The van der Waals surface area contributed by atoms with Crippen LogP contribution in [0.1, 0.15) is 39.5 Å². The van der Waals surface area contributed by atoms with Crippen molar-refractivity contribution in [2.75, 3.05) is 13.6 Å². The number of hydrogen-bond acceptors (Lipinski definition) is 2. The molecule has 116 valence electrons. The third-order valence-corrected chi connectivity index (χ3v) is 6.05. The van der Waals surface area contributed by atoms with E-state index in [-0.39, 0.29) is 18.4 Å². The topological polar surface area (TPSA) is 46.3 Å². The van der Waals surface area contributed by atoms with Gasteiger partial charge in [0.2, 0.25) is 5.91 Å². The first-order valence-electron chi connectivity index (χ1n) is 8.01. The van der Waals surface area contributed by atoms with E-state index in [2.05, 4.69) is 13.8 Å². The van der Waals surface area contributed by atoms with Crippen LogP contribution in [0.25, 0.3) is 0 Å². The molecular weight excluding hydrogens is 272 g/mol. The van der Waals surface area contributed by atoms with E-state index in [0.29, 0.717) is 17.7 Å². The van der Waals surface area contributed by atoms with Gasteiger partial charge in [0.1, 0.15) is 0 Å². The molecule has 2 N–H and O–H groups in total. The third kappa shape index (κ3) is 2.59. The Bertz CT molecular complexity index is 357. The lowest BCUT2D eigenvalue weighted by molar-refractivity contribution is -0.132. The first-order valence-corrected chi connectivity index (χ1v) is 8.01. The Labute approximate surface area is 129 Å². The van der Waals surface area contributed by atoms with Crippen LogP contribution in [0.4, 0.5) is 0 Å². The Morgan fingerprint density at radius 2 is 1.80 bits per heavy atom. The van der Waals surface area contributed by atoms with Crippen LogP contribution in [0, 0.1) is 35.5 Å². The second-order valence-electron chi connectivity index (χ2n) is 7.47. The summed E-state index contributed by atoms with van der Waals surface area (Å²) in [6.07, 6.45) is 5.12. The normalized spacial score (nSPS) is 38.4. The van der Waals surface area contributed by atoms with Crippen LogP contribution in [0.2, 0.25) is 0 Å². The molecule has 0 aromatic carbocycles. The van der Waals surface area contributed by atoms with Crippen LogP contribution in [0.15, 0.2) is 0 Å². The number of carbonyl (C=O) groups excluding carboxylic acids is 1. The molecule has 3 nitrogen and oxygen atoms in total. The zero-order valence-electron chi connectivity index (χ0n) is 12.9. The number of nitrogens with two attached hydrogens (primary N) is 1. The van der Waals surface area contributed by atoms with Gasteiger partial charge in [0, 0.05) is 25.6 Å². The number of carbonyl (C=O) groups is 1. The van der Waals surface area contributed by atoms with E-state index in [0.717, 1.165) is 36.6 Å². The molecule has 3 saturated carbocycles. The van der Waals surface area contributed by atoms with Crippen molar-refractivity contribution in [3.05, 3.63) is 0 Å². The van der Waals surface area contributed by atoms with Crippen molar-refractivity contribution in [1.82, 2.24) is 4.90 Å². The van der Waals surface area contributed by atoms with E-state index < -0.39 is 0 Å². The summed E-state index contributed by atoms with van der Waals surface area (Å²) in [6, 6.07) is 0.213. The zero-order valence-corrected chi connectivity index (χ0v) is 13.7. The highest BCUT2D eigenvalue weighted by Crippen LogP contribution is 2.69. The highest BCUT2D eigenvalue weighted by molar-refractivity contribution is 5.85. The van der Waals surface area contributed by atoms with E-state index in [1.807, 2.05) is 11.9 Å². The third-order valence-electron chi connectivity index (χ3n) is 6.05. The molecule has 5 unspecified atom stereocenters. The molecule has 3 rings (SSSR count). The molecule has 20 heavy (non-hydrogen) atoms. The van der Waals surface area contributed by atoms with Gasteiger partial charge in [-0.05, 0) is 55.3 Å². The van der Waals surface area contributed by atoms with Gasteiger partial charge in [-0.15, -0.1) is 12.4 Å². The second kappa shape index (κ2) is 5.84. The largest absolute Gasteiger partial charge is 0.345 e. The predicted molar refractivity (Wildman–Crippen MR) is 83.6 cm³/mol. The molecule has 4 heteroatoms. The van der Waals surface area contributed by atoms with E-state index in [9.17, 15) is 4.79 Å². The van der Waals surface area contributed by atoms with Gasteiger partial charge >= 0.3 is 0 Å². The molecule has 3 fully saturated rings. The Balaban J connectivity index is 0.00000147. The summed E-state index contributed by atoms with van der Waals surface area (Å²) in [4.78, 5) is 14.5. The van der Waals surface area contributed by atoms with Crippen LogP contribution >= 0.6 is 12.4 Å². The summed E-state index contributed by atoms with van der Waals surface area (Å²) in [5.41, 5.74) is 6.06. The maximum Gasteiger partial charge on any atom is 0.226 e. The summed E-state index contributed by atoms with van der Waals surface area (Å²) < 4.78 is 0. The van der Waals surface area contributed by atoms with Gasteiger partial charge in [0.15, 0.2) is 0 Å². The monoisotopic (exact) mass is 300 g/mol. The second-order valence-corrected chi connectivity index (χ2v) is 7.47.